The van der Waals surface area contributed by atoms with Crippen molar-refractivity contribution in [3.63, 3.8) is 0 Å². The first-order chi connectivity index (χ1) is 7.50. The maximum Gasteiger partial charge on any atom is 0.330 e. The van der Waals surface area contributed by atoms with E-state index in [9.17, 15) is 4.79 Å². The number of esters is 1. The Hall–Kier alpha value is -0.790. The number of carbonyl (C=O) groups excluding carboxylic acids is 1. The molecule has 1 spiro atoms. The minimum Gasteiger partial charge on any atom is -0.456 e. The minimum absolute atomic E-state index is 0.198. The van der Waals surface area contributed by atoms with Crippen LogP contribution in [0.3, 0.4) is 0 Å². The molecule has 0 aromatic carbocycles. The minimum atomic E-state index is -0.246. The van der Waals surface area contributed by atoms with E-state index in [0.29, 0.717) is 17.3 Å². The van der Waals surface area contributed by atoms with Crippen LogP contribution in [0.2, 0.25) is 0 Å². The molecule has 0 amide bonds. The molecule has 0 heterocycles. The van der Waals surface area contributed by atoms with Crippen molar-refractivity contribution in [3.05, 3.63) is 12.7 Å². The summed E-state index contributed by atoms with van der Waals surface area (Å²) in [4.78, 5) is 11.5. The lowest BCUT2D eigenvalue weighted by molar-refractivity contribution is -0.158. The van der Waals surface area contributed by atoms with Gasteiger partial charge in [0.1, 0.15) is 5.60 Å². The van der Waals surface area contributed by atoms with Crippen molar-refractivity contribution in [2.45, 2.75) is 45.1 Å². The van der Waals surface area contributed by atoms with Gasteiger partial charge in [-0.05, 0) is 49.9 Å². The van der Waals surface area contributed by atoms with E-state index < -0.39 is 0 Å². The molecule has 0 aromatic rings. The van der Waals surface area contributed by atoms with E-state index in [-0.39, 0.29) is 11.6 Å². The monoisotopic (exact) mass is 220 g/mol. The fourth-order valence-corrected chi connectivity index (χ4v) is 4.66. The molecule has 3 saturated carbocycles. The van der Waals surface area contributed by atoms with Crippen LogP contribution in [0.25, 0.3) is 0 Å². The Morgan fingerprint density at radius 2 is 2.19 bits per heavy atom. The average molecular weight is 220 g/mol. The molecule has 3 rings (SSSR count). The van der Waals surface area contributed by atoms with Crippen molar-refractivity contribution in [3.8, 4) is 0 Å². The highest BCUT2D eigenvalue weighted by Gasteiger charge is 2.73. The van der Waals surface area contributed by atoms with Gasteiger partial charge in [-0.25, -0.2) is 4.79 Å². The molecule has 3 aliphatic rings. The zero-order valence-corrected chi connectivity index (χ0v) is 10.2. The predicted octanol–water partition coefficient (Wildman–Crippen LogP) is 2.93. The van der Waals surface area contributed by atoms with Gasteiger partial charge in [0.05, 0.1) is 0 Å². The lowest BCUT2D eigenvalue weighted by Crippen LogP contribution is -2.39. The summed E-state index contributed by atoms with van der Waals surface area (Å²) in [5.74, 6) is 1.76. The van der Waals surface area contributed by atoms with E-state index in [4.69, 9.17) is 4.74 Å². The molecule has 5 atom stereocenters. The van der Waals surface area contributed by atoms with E-state index >= 15 is 0 Å². The molecule has 0 N–H and O–H groups in total. The molecule has 88 valence electrons. The van der Waals surface area contributed by atoms with Gasteiger partial charge in [0.15, 0.2) is 0 Å². The fourth-order valence-electron chi connectivity index (χ4n) is 4.66. The van der Waals surface area contributed by atoms with Crippen LogP contribution in [-0.4, -0.2) is 11.6 Å². The molecule has 0 radical (unpaired) electrons. The normalized spacial score (nSPS) is 53.0. The maximum atomic E-state index is 11.5. The van der Waals surface area contributed by atoms with Crippen molar-refractivity contribution >= 4 is 5.97 Å². The van der Waals surface area contributed by atoms with Crippen LogP contribution < -0.4 is 0 Å². The van der Waals surface area contributed by atoms with E-state index in [0.717, 1.165) is 5.92 Å². The van der Waals surface area contributed by atoms with Gasteiger partial charge in [0, 0.05) is 12.0 Å². The number of ether oxygens (including phenoxy) is 1. The van der Waals surface area contributed by atoms with Crippen LogP contribution in [0, 0.1) is 23.2 Å². The second kappa shape index (κ2) is 2.91. The van der Waals surface area contributed by atoms with Gasteiger partial charge in [0.2, 0.25) is 0 Å². The number of carbonyl (C=O) groups is 1. The summed E-state index contributed by atoms with van der Waals surface area (Å²) in [6.45, 7) is 7.98. The molecule has 2 heteroatoms. The van der Waals surface area contributed by atoms with Gasteiger partial charge in [-0.15, -0.1) is 0 Å². The van der Waals surface area contributed by atoms with Crippen molar-refractivity contribution in [2.24, 2.45) is 23.2 Å². The van der Waals surface area contributed by atoms with Crippen molar-refractivity contribution < 1.29 is 9.53 Å². The van der Waals surface area contributed by atoms with Crippen molar-refractivity contribution in [1.29, 1.82) is 0 Å². The molecule has 16 heavy (non-hydrogen) atoms. The highest BCUT2D eigenvalue weighted by molar-refractivity contribution is 5.81. The Morgan fingerprint density at radius 1 is 1.44 bits per heavy atom. The van der Waals surface area contributed by atoms with E-state index in [1.54, 1.807) is 0 Å². The molecule has 2 nitrogen and oxygen atoms in total. The first-order valence-corrected chi connectivity index (χ1v) is 6.35. The van der Waals surface area contributed by atoms with Crippen LogP contribution in [0.5, 0.6) is 0 Å². The zero-order chi connectivity index (χ0) is 11.6. The SMILES string of the molecule is C=CC(=O)OC1(C)C2CC(C)CC3(C2)CC31. The first kappa shape index (κ1) is 10.4. The van der Waals surface area contributed by atoms with E-state index in [2.05, 4.69) is 20.4 Å². The van der Waals surface area contributed by atoms with Gasteiger partial charge in [-0.2, -0.15) is 0 Å². The molecule has 2 bridgehead atoms. The third kappa shape index (κ3) is 1.16. The Balaban J connectivity index is 1.86. The number of rotatable bonds is 2. The van der Waals surface area contributed by atoms with E-state index in [1.807, 2.05) is 0 Å². The van der Waals surface area contributed by atoms with Crippen LogP contribution in [-0.2, 0) is 9.53 Å². The summed E-state index contributed by atoms with van der Waals surface area (Å²) in [5.41, 5.74) is 0.342. The zero-order valence-electron chi connectivity index (χ0n) is 10.2. The summed E-state index contributed by atoms with van der Waals surface area (Å²) in [6.07, 6.45) is 6.41. The molecule has 3 fully saturated rings. The van der Waals surface area contributed by atoms with Crippen LogP contribution in [0.15, 0.2) is 12.7 Å². The number of hydrogen-bond acceptors (Lipinski definition) is 2. The summed E-state index contributed by atoms with van der Waals surface area (Å²) < 4.78 is 5.70. The van der Waals surface area contributed by atoms with Gasteiger partial charge >= 0.3 is 5.97 Å². The highest BCUT2D eigenvalue weighted by atomic mass is 16.6. The first-order valence-electron chi connectivity index (χ1n) is 6.35. The largest absolute Gasteiger partial charge is 0.456 e. The summed E-state index contributed by atoms with van der Waals surface area (Å²) >= 11 is 0. The quantitative estimate of drug-likeness (QED) is 0.528. The Labute approximate surface area is 97.1 Å². The molecule has 5 unspecified atom stereocenters. The van der Waals surface area contributed by atoms with Crippen LogP contribution in [0.4, 0.5) is 0 Å². The number of hydrogen-bond donors (Lipinski definition) is 0. The molecular weight excluding hydrogens is 200 g/mol. The lowest BCUT2D eigenvalue weighted by atomic mass is 9.74. The predicted molar refractivity (Wildman–Crippen MR) is 61.7 cm³/mol. The van der Waals surface area contributed by atoms with Gasteiger partial charge in [-0.3, -0.25) is 0 Å². The van der Waals surface area contributed by atoms with Gasteiger partial charge in [0.25, 0.3) is 0 Å². The van der Waals surface area contributed by atoms with E-state index in [1.165, 1.54) is 31.8 Å². The second-order valence-corrected chi connectivity index (χ2v) is 6.37. The van der Waals surface area contributed by atoms with Gasteiger partial charge in [-0.1, -0.05) is 13.5 Å². The average Bonchev–Trinajstić information content (AvgIpc) is 2.86. The molecule has 0 saturated heterocycles. The van der Waals surface area contributed by atoms with Crippen molar-refractivity contribution in [1.82, 2.24) is 0 Å². The summed E-state index contributed by atoms with van der Waals surface area (Å²) in [6, 6.07) is 0. The smallest absolute Gasteiger partial charge is 0.330 e. The number of fused-ring (bicyclic) bond motifs is 1. The summed E-state index contributed by atoms with van der Waals surface area (Å²) in [7, 11) is 0. The molecule has 0 aromatic heterocycles. The third-order valence-electron chi connectivity index (χ3n) is 5.27. The lowest BCUT2D eigenvalue weighted by Gasteiger charge is -2.36. The van der Waals surface area contributed by atoms with Crippen LogP contribution >= 0.6 is 0 Å². The standard InChI is InChI=1S/C14H20O2/c1-4-12(15)16-13(3)10-5-9(2)6-14(7-10)8-11(13)14/h4,9-11H,1,5-8H2,2-3H3. The molecule has 3 aliphatic carbocycles. The van der Waals surface area contributed by atoms with Crippen molar-refractivity contribution in [2.75, 3.05) is 0 Å². The maximum absolute atomic E-state index is 11.5. The highest BCUT2D eigenvalue weighted by Crippen LogP contribution is 2.76. The summed E-state index contributed by atoms with van der Waals surface area (Å²) in [5, 5.41) is 0. The molecular formula is C14H20O2. The fraction of sp³-hybridized carbons (Fsp3) is 0.786. The second-order valence-electron chi connectivity index (χ2n) is 6.37. The Bertz CT molecular complexity index is 362. The third-order valence-corrected chi connectivity index (χ3v) is 5.27. The van der Waals surface area contributed by atoms with Gasteiger partial charge < -0.3 is 4.74 Å². The Kier molecular flexibility index (Phi) is 1.88. The van der Waals surface area contributed by atoms with Crippen LogP contribution in [0.1, 0.15) is 39.5 Å². The Morgan fingerprint density at radius 3 is 2.88 bits per heavy atom. The molecule has 0 aliphatic heterocycles. The topological polar surface area (TPSA) is 26.3 Å².